The van der Waals surface area contributed by atoms with E-state index in [2.05, 4.69) is 17.6 Å². The number of anilines is 1. The predicted molar refractivity (Wildman–Crippen MR) is 90.9 cm³/mol. The molecule has 1 aromatic rings. The molecule has 0 spiro atoms. The van der Waals surface area contributed by atoms with Crippen molar-refractivity contribution in [1.82, 2.24) is 10.6 Å². The molecule has 6 nitrogen and oxygen atoms in total. The normalized spacial score (nSPS) is 17.7. The van der Waals surface area contributed by atoms with Gasteiger partial charge in [0, 0.05) is 18.7 Å². The van der Waals surface area contributed by atoms with E-state index >= 15 is 0 Å². The Hall–Kier alpha value is -2.08. The zero-order valence-electron chi connectivity index (χ0n) is 14.4. The Bertz CT molecular complexity index is 586. The van der Waals surface area contributed by atoms with Gasteiger partial charge >= 0.3 is 6.03 Å². The fourth-order valence-corrected chi connectivity index (χ4v) is 2.61. The third kappa shape index (κ3) is 4.69. The van der Waals surface area contributed by atoms with Crippen molar-refractivity contribution in [3.05, 3.63) is 29.3 Å². The summed E-state index contributed by atoms with van der Waals surface area (Å²) in [5.74, 6) is 0.0521. The summed E-state index contributed by atoms with van der Waals surface area (Å²) in [5, 5.41) is 5.71. The first kappa shape index (κ1) is 17.3. The lowest BCUT2D eigenvalue weighted by atomic mass is 10.1. The molecule has 3 N–H and O–H groups in total. The van der Waals surface area contributed by atoms with Crippen molar-refractivity contribution in [2.24, 2.45) is 0 Å². The summed E-state index contributed by atoms with van der Waals surface area (Å²) in [6.45, 7) is 6.10. The van der Waals surface area contributed by atoms with E-state index in [0.717, 1.165) is 17.8 Å². The van der Waals surface area contributed by atoms with Gasteiger partial charge in [0.1, 0.15) is 0 Å². The lowest BCUT2D eigenvalue weighted by Crippen LogP contribution is -3.06. The van der Waals surface area contributed by atoms with Crippen molar-refractivity contribution in [1.29, 1.82) is 0 Å². The van der Waals surface area contributed by atoms with Crippen molar-refractivity contribution in [3.63, 3.8) is 0 Å². The quantitative estimate of drug-likeness (QED) is 0.707. The molecule has 1 aliphatic heterocycles. The van der Waals surface area contributed by atoms with E-state index in [1.807, 2.05) is 39.2 Å². The molecule has 1 saturated heterocycles. The summed E-state index contributed by atoms with van der Waals surface area (Å²) in [6, 6.07) is 5.66. The predicted octanol–water partition coefficient (Wildman–Crippen LogP) is -0.148. The lowest BCUT2D eigenvalue weighted by molar-refractivity contribution is -0.856. The van der Waals surface area contributed by atoms with E-state index < -0.39 is 0 Å². The third-order valence-electron chi connectivity index (χ3n) is 4.17. The molecule has 0 radical (unpaired) electrons. The Labute approximate surface area is 137 Å². The molecular formula is C17H27N4O2+. The molecule has 1 aliphatic rings. The molecule has 1 aromatic carbocycles. The number of quaternary nitrogens is 1. The van der Waals surface area contributed by atoms with Crippen molar-refractivity contribution in [2.45, 2.75) is 26.3 Å². The second kappa shape index (κ2) is 7.46. The monoisotopic (exact) mass is 319 g/mol. The van der Waals surface area contributed by atoms with Gasteiger partial charge in [-0.2, -0.15) is 0 Å². The van der Waals surface area contributed by atoms with Gasteiger partial charge in [-0.3, -0.25) is 4.79 Å². The number of hydrogen-bond acceptors (Lipinski definition) is 2. The molecule has 0 bridgehead atoms. The Kier molecular flexibility index (Phi) is 5.60. The summed E-state index contributed by atoms with van der Waals surface area (Å²) in [7, 11) is 4.08. The number of nitrogens with one attached hydrogen (secondary N) is 3. The van der Waals surface area contributed by atoms with Gasteiger partial charge in [-0.15, -0.1) is 0 Å². The lowest BCUT2D eigenvalue weighted by Gasteiger charge is -2.18. The standard InChI is InChI=1S/C17H26N4O2/c1-12-5-6-15(9-13(12)2)21-11-14(10-16(21)22)19-17(23)18-7-8-20(3)4/h5-6,9,14H,7-8,10-11H2,1-4H3,(H2,18,19,23)/p+1/t14-/m0/s1. The van der Waals surface area contributed by atoms with Gasteiger partial charge < -0.3 is 20.4 Å². The molecule has 2 rings (SSSR count). The maximum absolute atomic E-state index is 12.2. The van der Waals surface area contributed by atoms with E-state index in [4.69, 9.17) is 0 Å². The molecule has 1 heterocycles. The molecule has 0 saturated carbocycles. The minimum atomic E-state index is -0.203. The summed E-state index contributed by atoms with van der Waals surface area (Å²) < 4.78 is 0. The summed E-state index contributed by atoms with van der Waals surface area (Å²) in [6.07, 6.45) is 0.347. The van der Waals surface area contributed by atoms with Gasteiger partial charge in [0.25, 0.3) is 0 Å². The first-order valence-electron chi connectivity index (χ1n) is 8.08. The van der Waals surface area contributed by atoms with Crippen LogP contribution in [0.3, 0.4) is 0 Å². The maximum Gasteiger partial charge on any atom is 0.315 e. The number of hydrogen-bond donors (Lipinski definition) is 3. The molecular weight excluding hydrogens is 292 g/mol. The van der Waals surface area contributed by atoms with Gasteiger partial charge in [-0.1, -0.05) is 6.07 Å². The number of likely N-dealkylation sites (N-methyl/N-ethyl adjacent to an activating group) is 1. The van der Waals surface area contributed by atoms with Crippen LogP contribution in [0.4, 0.5) is 10.5 Å². The van der Waals surface area contributed by atoms with Crippen molar-refractivity contribution >= 4 is 17.6 Å². The van der Waals surface area contributed by atoms with E-state index in [1.165, 1.54) is 10.5 Å². The average molecular weight is 319 g/mol. The number of carbonyl (C=O) groups is 2. The molecule has 6 heteroatoms. The van der Waals surface area contributed by atoms with Crippen LogP contribution in [0.15, 0.2) is 18.2 Å². The second-order valence-corrected chi connectivity index (χ2v) is 6.53. The van der Waals surface area contributed by atoms with E-state index in [0.29, 0.717) is 19.5 Å². The highest BCUT2D eigenvalue weighted by Crippen LogP contribution is 2.23. The number of nitrogens with zero attached hydrogens (tertiary/aromatic N) is 1. The fraction of sp³-hybridized carbons (Fsp3) is 0.529. The van der Waals surface area contributed by atoms with Crippen LogP contribution < -0.4 is 20.4 Å². The summed E-state index contributed by atoms with van der Waals surface area (Å²) >= 11 is 0. The minimum Gasteiger partial charge on any atom is -0.338 e. The highest BCUT2D eigenvalue weighted by Gasteiger charge is 2.31. The van der Waals surface area contributed by atoms with Crippen LogP contribution in [0.2, 0.25) is 0 Å². The van der Waals surface area contributed by atoms with Gasteiger partial charge in [0.15, 0.2) is 0 Å². The van der Waals surface area contributed by atoms with Crippen LogP contribution in [0, 0.1) is 13.8 Å². The van der Waals surface area contributed by atoms with Crippen LogP contribution in [0.1, 0.15) is 17.5 Å². The van der Waals surface area contributed by atoms with Gasteiger partial charge in [0.2, 0.25) is 5.91 Å². The number of benzene rings is 1. The Morgan fingerprint density at radius 2 is 2.04 bits per heavy atom. The van der Waals surface area contributed by atoms with Crippen LogP contribution >= 0.6 is 0 Å². The third-order valence-corrected chi connectivity index (χ3v) is 4.17. The van der Waals surface area contributed by atoms with Crippen molar-refractivity contribution in [2.75, 3.05) is 38.6 Å². The first-order valence-corrected chi connectivity index (χ1v) is 8.08. The number of rotatable bonds is 5. The van der Waals surface area contributed by atoms with E-state index in [-0.39, 0.29) is 18.0 Å². The maximum atomic E-state index is 12.2. The number of amides is 3. The molecule has 0 aromatic heterocycles. The zero-order chi connectivity index (χ0) is 17.0. The molecule has 23 heavy (non-hydrogen) atoms. The fourth-order valence-electron chi connectivity index (χ4n) is 2.61. The smallest absolute Gasteiger partial charge is 0.315 e. The number of carbonyl (C=O) groups excluding carboxylic acids is 2. The molecule has 3 amide bonds. The SMILES string of the molecule is Cc1ccc(N2C[C@@H](NC(=O)NCC[NH+](C)C)CC2=O)cc1C. The molecule has 1 atom stereocenters. The van der Waals surface area contributed by atoms with Crippen molar-refractivity contribution < 1.29 is 14.5 Å². The topological polar surface area (TPSA) is 65.9 Å². The van der Waals surface area contributed by atoms with Crippen LogP contribution in [0.5, 0.6) is 0 Å². The van der Waals surface area contributed by atoms with E-state index in [1.54, 1.807) is 4.90 Å². The highest BCUT2D eigenvalue weighted by atomic mass is 16.2. The Morgan fingerprint density at radius 3 is 2.70 bits per heavy atom. The van der Waals surface area contributed by atoms with Crippen LogP contribution in [-0.2, 0) is 4.79 Å². The van der Waals surface area contributed by atoms with E-state index in [9.17, 15) is 9.59 Å². The Morgan fingerprint density at radius 1 is 1.30 bits per heavy atom. The highest BCUT2D eigenvalue weighted by molar-refractivity contribution is 5.96. The van der Waals surface area contributed by atoms with Gasteiger partial charge in [-0.05, 0) is 37.1 Å². The average Bonchev–Trinajstić information content (AvgIpc) is 2.82. The minimum absolute atomic E-state index is 0.0521. The molecule has 126 valence electrons. The second-order valence-electron chi connectivity index (χ2n) is 6.53. The zero-order valence-corrected chi connectivity index (χ0v) is 14.4. The van der Waals surface area contributed by atoms with Crippen molar-refractivity contribution in [3.8, 4) is 0 Å². The van der Waals surface area contributed by atoms with Crippen LogP contribution in [0.25, 0.3) is 0 Å². The molecule has 0 unspecified atom stereocenters. The molecule has 0 aliphatic carbocycles. The largest absolute Gasteiger partial charge is 0.338 e. The first-order chi connectivity index (χ1) is 10.9. The van der Waals surface area contributed by atoms with Crippen LogP contribution in [-0.4, -0.2) is 51.7 Å². The Balaban J connectivity index is 1.89. The molecule has 1 fully saturated rings. The van der Waals surface area contributed by atoms with Gasteiger partial charge in [0.05, 0.1) is 33.2 Å². The summed E-state index contributed by atoms with van der Waals surface area (Å²) in [5.41, 5.74) is 3.27. The van der Waals surface area contributed by atoms with Gasteiger partial charge in [-0.25, -0.2) is 4.79 Å². The number of urea groups is 1. The summed E-state index contributed by atoms with van der Waals surface area (Å²) in [4.78, 5) is 27.1. The number of aryl methyl sites for hydroxylation is 2.